The molecule has 1 heterocycles. The zero-order valence-corrected chi connectivity index (χ0v) is 19.3. The summed E-state index contributed by atoms with van der Waals surface area (Å²) in [4.78, 5) is 39.6. The van der Waals surface area contributed by atoms with E-state index in [4.69, 9.17) is 11.6 Å². The molecule has 32 heavy (non-hydrogen) atoms. The molecule has 0 bridgehead atoms. The smallest absolute Gasteiger partial charge is 0.278 e. The second-order valence-electron chi connectivity index (χ2n) is 7.29. The van der Waals surface area contributed by atoms with Crippen molar-refractivity contribution in [3.63, 3.8) is 0 Å². The van der Waals surface area contributed by atoms with Gasteiger partial charge < -0.3 is 10.6 Å². The van der Waals surface area contributed by atoms with Crippen LogP contribution < -0.4 is 16.2 Å². The summed E-state index contributed by atoms with van der Waals surface area (Å²) >= 11 is 6.98. The first-order chi connectivity index (χ1) is 15.2. The van der Waals surface area contributed by atoms with Gasteiger partial charge in [-0.15, -0.1) is 10.2 Å². The number of carbonyl (C=O) groups is 2. The van der Waals surface area contributed by atoms with Crippen LogP contribution in [0.15, 0.2) is 52.4 Å². The van der Waals surface area contributed by atoms with Crippen LogP contribution in [-0.2, 0) is 9.59 Å². The third-order valence-electron chi connectivity index (χ3n) is 4.44. The van der Waals surface area contributed by atoms with Gasteiger partial charge in [-0.25, -0.2) is 0 Å². The molecule has 0 radical (unpaired) electrons. The molecule has 8 nitrogen and oxygen atoms in total. The minimum atomic E-state index is -0.470. The van der Waals surface area contributed by atoms with Crippen molar-refractivity contribution in [3.8, 4) is 11.3 Å². The van der Waals surface area contributed by atoms with Crippen LogP contribution in [0, 0.1) is 12.8 Å². The average Bonchev–Trinajstić information content (AvgIpc) is 2.75. The van der Waals surface area contributed by atoms with E-state index in [1.165, 1.54) is 0 Å². The van der Waals surface area contributed by atoms with Gasteiger partial charge in [-0.05, 0) is 36.8 Å². The molecule has 0 saturated carbocycles. The molecule has 0 aliphatic carbocycles. The van der Waals surface area contributed by atoms with Crippen molar-refractivity contribution in [1.82, 2.24) is 15.2 Å². The Balaban J connectivity index is 1.70. The van der Waals surface area contributed by atoms with Gasteiger partial charge in [0.1, 0.15) is 0 Å². The Morgan fingerprint density at radius 2 is 1.84 bits per heavy atom. The van der Waals surface area contributed by atoms with E-state index in [1.54, 1.807) is 56.3 Å². The van der Waals surface area contributed by atoms with Crippen LogP contribution in [0.5, 0.6) is 0 Å². The molecule has 0 aliphatic heterocycles. The van der Waals surface area contributed by atoms with E-state index in [9.17, 15) is 14.4 Å². The number of nitrogens with zero attached hydrogens (tertiary/aromatic N) is 2. The zero-order valence-electron chi connectivity index (χ0n) is 17.7. The van der Waals surface area contributed by atoms with E-state index in [-0.39, 0.29) is 34.3 Å². The Morgan fingerprint density at radius 3 is 2.53 bits per heavy atom. The molecule has 2 aromatic carbocycles. The highest BCUT2D eigenvalue weighted by atomic mass is 35.5. The molecule has 0 unspecified atom stereocenters. The summed E-state index contributed by atoms with van der Waals surface area (Å²) in [6, 6.07) is 12.1. The van der Waals surface area contributed by atoms with Crippen molar-refractivity contribution in [3.05, 3.63) is 63.4 Å². The molecule has 0 saturated heterocycles. The largest absolute Gasteiger partial charge is 0.325 e. The molecular weight excluding hydrogens is 450 g/mol. The predicted octanol–water partition coefficient (Wildman–Crippen LogP) is 4.12. The number of thioether (sulfide) groups is 1. The van der Waals surface area contributed by atoms with E-state index in [2.05, 4.69) is 25.8 Å². The van der Waals surface area contributed by atoms with Crippen LogP contribution in [0.3, 0.4) is 0 Å². The lowest BCUT2D eigenvalue weighted by Crippen LogP contribution is -2.20. The number of benzene rings is 2. The van der Waals surface area contributed by atoms with Gasteiger partial charge in [-0.3, -0.25) is 19.4 Å². The normalized spacial score (nSPS) is 10.8. The monoisotopic (exact) mass is 471 g/mol. The Kier molecular flexibility index (Phi) is 7.66. The molecule has 3 N–H and O–H groups in total. The summed E-state index contributed by atoms with van der Waals surface area (Å²) in [7, 11) is 0. The van der Waals surface area contributed by atoms with Gasteiger partial charge in [0.15, 0.2) is 10.9 Å². The van der Waals surface area contributed by atoms with Crippen LogP contribution in [0.4, 0.5) is 11.4 Å². The van der Waals surface area contributed by atoms with Crippen molar-refractivity contribution in [2.45, 2.75) is 25.9 Å². The van der Waals surface area contributed by atoms with E-state index in [1.807, 2.05) is 6.92 Å². The van der Waals surface area contributed by atoms with Crippen molar-refractivity contribution in [1.29, 1.82) is 0 Å². The summed E-state index contributed by atoms with van der Waals surface area (Å²) in [5.74, 6) is -0.605. The SMILES string of the molecule is Cc1cc(Cl)ccc1NC(=O)CSc1nnc(-c2ccccc2NC(=O)C(C)C)c(=O)[nH]1. The van der Waals surface area contributed by atoms with Gasteiger partial charge in [0, 0.05) is 22.2 Å². The number of H-pyrrole nitrogens is 1. The van der Waals surface area contributed by atoms with Crippen molar-refractivity contribution in [2.75, 3.05) is 16.4 Å². The fourth-order valence-corrected chi connectivity index (χ4v) is 3.56. The molecule has 3 aromatic rings. The quantitative estimate of drug-likeness (QED) is 0.446. The van der Waals surface area contributed by atoms with Crippen molar-refractivity contribution in [2.24, 2.45) is 5.92 Å². The Morgan fingerprint density at radius 1 is 1.09 bits per heavy atom. The van der Waals surface area contributed by atoms with Crippen LogP contribution in [0.1, 0.15) is 19.4 Å². The third kappa shape index (κ3) is 5.95. The first kappa shape index (κ1) is 23.5. The average molecular weight is 472 g/mol. The second-order valence-corrected chi connectivity index (χ2v) is 8.69. The Labute approximate surface area is 194 Å². The molecule has 10 heteroatoms. The summed E-state index contributed by atoms with van der Waals surface area (Å²) in [5.41, 5.74) is 2.05. The van der Waals surface area contributed by atoms with Gasteiger partial charge in [0.2, 0.25) is 11.8 Å². The number of amides is 2. The molecule has 3 rings (SSSR count). The fraction of sp³-hybridized carbons (Fsp3) is 0.227. The number of nitrogens with one attached hydrogen (secondary N) is 3. The molecule has 0 aliphatic rings. The van der Waals surface area contributed by atoms with Crippen LogP contribution >= 0.6 is 23.4 Å². The number of aromatic nitrogens is 3. The van der Waals surface area contributed by atoms with Crippen LogP contribution in [0.25, 0.3) is 11.3 Å². The molecular formula is C22H22ClN5O3S. The lowest BCUT2D eigenvalue weighted by atomic mass is 10.1. The zero-order chi connectivity index (χ0) is 23.3. The number of carbonyl (C=O) groups excluding carboxylic acids is 2. The highest BCUT2D eigenvalue weighted by Gasteiger charge is 2.16. The van der Waals surface area contributed by atoms with Crippen LogP contribution in [-0.4, -0.2) is 32.7 Å². The number of aromatic amines is 1. The van der Waals surface area contributed by atoms with Gasteiger partial charge in [0.25, 0.3) is 5.56 Å². The fourth-order valence-electron chi connectivity index (χ4n) is 2.73. The van der Waals surface area contributed by atoms with Gasteiger partial charge in [-0.2, -0.15) is 0 Å². The number of aryl methyl sites for hydroxylation is 1. The molecule has 0 spiro atoms. The highest BCUT2D eigenvalue weighted by Crippen LogP contribution is 2.25. The van der Waals surface area contributed by atoms with Crippen LogP contribution in [0.2, 0.25) is 5.02 Å². The number of hydrogen-bond acceptors (Lipinski definition) is 6. The maximum atomic E-state index is 12.6. The first-order valence-corrected chi connectivity index (χ1v) is 11.2. The Hall–Kier alpha value is -3.17. The summed E-state index contributed by atoms with van der Waals surface area (Å²) in [5, 5.41) is 14.5. The minimum absolute atomic E-state index is 0.0348. The summed E-state index contributed by atoms with van der Waals surface area (Å²) in [6.07, 6.45) is 0. The number of hydrogen-bond donors (Lipinski definition) is 3. The topological polar surface area (TPSA) is 117 Å². The molecule has 1 aromatic heterocycles. The summed E-state index contributed by atoms with van der Waals surface area (Å²) in [6.45, 7) is 5.40. The highest BCUT2D eigenvalue weighted by molar-refractivity contribution is 7.99. The summed E-state index contributed by atoms with van der Waals surface area (Å²) < 4.78 is 0. The number of rotatable bonds is 7. The van der Waals surface area contributed by atoms with Crippen molar-refractivity contribution >= 4 is 46.6 Å². The maximum absolute atomic E-state index is 12.6. The predicted molar refractivity (Wildman–Crippen MR) is 127 cm³/mol. The molecule has 0 atom stereocenters. The number of anilines is 2. The third-order valence-corrected chi connectivity index (χ3v) is 5.54. The number of halogens is 1. The minimum Gasteiger partial charge on any atom is -0.325 e. The Bertz CT molecular complexity index is 1210. The van der Waals surface area contributed by atoms with E-state index in [0.717, 1.165) is 17.3 Å². The molecule has 166 valence electrons. The van der Waals surface area contributed by atoms with Gasteiger partial charge >= 0.3 is 0 Å². The lowest BCUT2D eigenvalue weighted by molar-refractivity contribution is -0.119. The second kappa shape index (κ2) is 10.4. The molecule has 2 amide bonds. The van der Waals surface area contributed by atoms with Gasteiger partial charge in [0.05, 0.1) is 11.4 Å². The maximum Gasteiger partial charge on any atom is 0.278 e. The van der Waals surface area contributed by atoms with Gasteiger partial charge in [-0.1, -0.05) is 55.4 Å². The number of para-hydroxylation sites is 1. The first-order valence-electron chi connectivity index (χ1n) is 9.80. The van der Waals surface area contributed by atoms with E-state index < -0.39 is 5.56 Å². The van der Waals surface area contributed by atoms with Crippen molar-refractivity contribution < 1.29 is 9.59 Å². The van der Waals surface area contributed by atoms with E-state index in [0.29, 0.717) is 22.0 Å². The standard InChI is InChI=1S/C22H22ClN5O3S/c1-12(2)20(30)25-17-7-5-4-6-15(17)19-21(31)26-22(28-27-19)32-11-18(29)24-16-9-8-14(23)10-13(16)3/h4-10,12H,11H2,1-3H3,(H,24,29)(H,25,30)(H,26,28,31). The lowest BCUT2D eigenvalue weighted by Gasteiger charge is -2.11. The molecule has 0 fully saturated rings. The van der Waals surface area contributed by atoms with E-state index >= 15 is 0 Å².